The Hall–Kier alpha value is -0.830. The first-order chi connectivity index (χ1) is 11.3. The van der Waals surface area contributed by atoms with Gasteiger partial charge in [-0.1, -0.05) is 70.4 Å². The molecule has 0 saturated heterocycles. The molecule has 0 aliphatic carbocycles. The molecule has 2 N–H and O–H groups in total. The quantitative estimate of drug-likeness (QED) is 0.287. The predicted octanol–water partition coefficient (Wildman–Crippen LogP) is 5.13. The highest BCUT2D eigenvalue weighted by molar-refractivity contribution is 5.75. The number of hydrogen-bond donors (Lipinski definition) is 2. The summed E-state index contributed by atoms with van der Waals surface area (Å²) < 4.78 is 0. The van der Waals surface area contributed by atoms with Crippen LogP contribution >= 0.6 is 0 Å². The largest absolute Gasteiger partial charge is 0.395 e. The van der Waals surface area contributed by atoms with Crippen molar-refractivity contribution in [3.05, 3.63) is 12.2 Å². The molecular weight excluding hydrogens is 286 g/mol. The molecule has 0 atom stereocenters. The van der Waals surface area contributed by atoms with Crippen molar-refractivity contribution < 1.29 is 9.90 Å². The van der Waals surface area contributed by atoms with Gasteiger partial charge in [0.15, 0.2) is 0 Å². The van der Waals surface area contributed by atoms with Crippen LogP contribution in [0.1, 0.15) is 96.8 Å². The zero-order chi connectivity index (χ0) is 17.0. The number of hydrogen-bond acceptors (Lipinski definition) is 2. The lowest BCUT2D eigenvalue weighted by Crippen LogP contribution is -2.25. The lowest BCUT2D eigenvalue weighted by molar-refractivity contribution is -0.121. The molecule has 0 unspecified atom stereocenters. The fourth-order valence-corrected chi connectivity index (χ4v) is 2.64. The average molecular weight is 326 g/mol. The summed E-state index contributed by atoms with van der Waals surface area (Å²) in [5.41, 5.74) is 0. The summed E-state index contributed by atoms with van der Waals surface area (Å²) in [4.78, 5) is 11.3. The van der Waals surface area contributed by atoms with Gasteiger partial charge in [0.1, 0.15) is 0 Å². The van der Waals surface area contributed by atoms with Gasteiger partial charge in [-0.15, -0.1) is 0 Å². The van der Waals surface area contributed by atoms with E-state index in [0.29, 0.717) is 13.0 Å². The van der Waals surface area contributed by atoms with Gasteiger partial charge in [0.25, 0.3) is 0 Å². The van der Waals surface area contributed by atoms with E-state index in [1.165, 1.54) is 70.6 Å². The van der Waals surface area contributed by atoms with Crippen LogP contribution in [0.25, 0.3) is 0 Å². The van der Waals surface area contributed by atoms with Crippen LogP contribution in [0.15, 0.2) is 12.2 Å². The van der Waals surface area contributed by atoms with Crippen molar-refractivity contribution in [2.75, 3.05) is 13.2 Å². The van der Waals surface area contributed by atoms with Crippen LogP contribution in [-0.4, -0.2) is 24.2 Å². The van der Waals surface area contributed by atoms with Crippen LogP contribution in [0.5, 0.6) is 0 Å². The van der Waals surface area contributed by atoms with Crippen molar-refractivity contribution in [2.45, 2.75) is 96.8 Å². The topological polar surface area (TPSA) is 49.3 Å². The van der Waals surface area contributed by atoms with Crippen LogP contribution in [0.3, 0.4) is 0 Å². The molecule has 23 heavy (non-hydrogen) atoms. The van der Waals surface area contributed by atoms with Crippen molar-refractivity contribution in [1.29, 1.82) is 0 Å². The van der Waals surface area contributed by atoms with E-state index in [-0.39, 0.29) is 12.5 Å². The average Bonchev–Trinajstić information content (AvgIpc) is 2.56. The molecule has 0 aliphatic heterocycles. The summed E-state index contributed by atoms with van der Waals surface area (Å²) in [7, 11) is 0. The summed E-state index contributed by atoms with van der Waals surface area (Å²) in [6, 6.07) is 0. The van der Waals surface area contributed by atoms with Crippen LogP contribution in [0.2, 0.25) is 0 Å². The number of carbonyl (C=O) groups is 1. The Morgan fingerprint density at radius 1 is 0.826 bits per heavy atom. The lowest BCUT2D eigenvalue weighted by atomic mass is 10.1. The number of carbonyl (C=O) groups excluding carboxylic acids is 1. The Bertz CT molecular complexity index is 277. The Kier molecular flexibility index (Phi) is 18.5. The molecule has 3 nitrogen and oxygen atoms in total. The number of rotatable bonds is 17. The van der Waals surface area contributed by atoms with Crippen LogP contribution in [0, 0.1) is 0 Å². The van der Waals surface area contributed by atoms with Gasteiger partial charge in [0.05, 0.1) is 6.61 Å². The van der Waals surface area contributed by atoms with E-state index < -0.39 is 0 Å². The van der Waals surface area contributed by atoms with Gasteiger partial charge < -0.3 is 10.4 Å². The minimum Gasteiger partial charge on any atom is -0.395 e. The fourth-order valence-electron chi connectivity index (χ4n) is 2.64. The molecule has 3 heteroatoms. The standard InChI is InChI=1S/C20H39NO2/c1-2-3-4-5-6-7-8-9-10-11-12-13-14-15-16-17-20(23)21-18-19-22/h8-9,22H,2-7,10-19H2,1H3,(H,21,23)/b9-8+. The second-order valence-electron chi connectivity index (χ2n) is 6.41. The van der Waals surface area contributed by atoms with Crippen molar-refractivity contribution in [3.8, 4) is 0 Å². The van der Waals surface area contributed by atoms with E-state index in [4.69, 9.17) is 5.11 Å². The molecular formula is C20H39NO2. The van der Waals surface area contributed by atoms with E-state index in [1.54, 1.807) is 0 Å². The third-order valence-electron chi connectivity index (χ3n) is 4.10. The molecule has 0 bridgehead atoms. The van der Waals surface area contributed by atoms with Crippen LogP contribution in [-0.2, 0) is 4.79 Å². The first-order valence-corrected chi connectivity index (χ1v) is 9.83. The highest BCUT2D eigenvalue weighted by atomic mass is 16.3. The third-order valence-corrected chi connectivity index (χ3v) is 4.10. The van der Waals surface area contributed by atoms with Gasteiger partial charge in [-0.05, 0) is 32.1 Å². The van der Waals surface area contributed by atoms with Gasteiger partial charge in [0.2, 0.25) is 5.91 Å². The summed E-state index contributed by atoms with van der Waals surface area (Å²) in [5, 5.41) is 11.3. The Balaban J connectivity index is 3.14. The predicted molar refractivity (Wildman–Crippen MR) is 99.5 cm³/mol. The molecule has 0 aromatic rings. The molecule has 0 radical (unpaired) electrons. The number of amides is 1. The molecule has 0 aromatic heterocycles. The zero-order valence-corrected chi connectivity index (χ0v) is 15.3. The van der Waals surface area contributed by atoms with Crippen LogP contribution in [0.4, 0.5) is 0 Å². The smallest absolute Gasteiger partial charge is 0.220 e. The maximum absolute atomic E-state index is 11.3. The fraction of sp³-hybridized carbons (Fsp3) is 0.850. The maximum Gasteiger partial charge on any atom is 0.220 e. The number of aliphatic hydroxyl groups excluding tert-OH is 1. The van der Waals surface area contributed by atoms with E-state index in [0.717, 1.165) is 12.8 Å². The Morgan fingerprint density at radius 2 is 1.35 bits per heavy atom. The minimum atomic E-state index is 0.0268. The molecule has 0 fully saturated rings. The van der Waals surface area contributed by atoms with Gasteiger partial charge >= 0.3 is 0 Å². The molecule has 136 valence electrons. The van der Waals surface area contributed by atoms with Gasteiger partial charge in [-0.3, -0.25) is 4.79 Å². The van der Waals surface area contributed by atoms with Gasteiger partial charge in [-0.2, -0.15) is 0 Å². The van der Waals surface area contributed by atoms with Gasteiger partial charge in [-0.25, -0.2) is 0 Å². The maximum atomic E-state index is 11.3. The van der Waals surface area contributed by atoms with E-state index in [9.17, 15) is 4.79 Å². The first kappa shape index (κ1) is 22.2. The van der Waals surface area contributed by atoms with Gasteiger partial charge in [0, 0.05) is 13.0 Å². The molecule has 1 amide bonds. The molecule has 0 rings (SSSR count). The van der Waals surface area contributed by atoms with Crippen molar-refractivity contribution in [2.24, 2.45) is 0 Å². The molecule has 0 heterocycles. The van der Waals surface area contributed by atoms with E-state index >= 15 is 0 Å². The van der Waals surface area contributed by atoms with E-state index in [1.807, 2.05) is 0 Å². The van der Waals surface area contributed by atoms with Crippen molar-refractivity contribution >= 4 is 5.91 Å². The molecule has 0 saturated carbocycles. The highest BCUT2D eigenvalue weighted by Gasteiger charge is 1.99. The molecule has 0 spiro atoms. The second kappa shape index (κ2) is 19.2. The summed E-state index contributed by atoms with van der Waals surface area (Å²) in [6.45, 7) is 2.67. The van der Waals surface area contributed by atoms with Crippen molar-refractivity contribution in [3.63, 3.8) is 0 Å². The minimum absolute atomic E-state index is 0.0268. The second-order valence-corrected chi connectivity index (χ2v) is 6.41. The Labute approximate surface area is 143 Å². The SMILES string of the molecule is CCCCCCC/C=C/CCCCCCCCC(=O)NCCO. The zero-order valence-electron chi connectivity index (χ0n) is 15.3. The summed E-state index contributed by atoms with van der Waals surface area (Å²) in [5.74, 6) is 0.0684. The summed E-state index contributed by atoms with van der Waals surface area (Å²) in [6.07, 6.45) is 21.8. The molecule has 0 aliphatic rings. The monoisotopic (exact) mass is 325 g/mol. The highest BCUT2D eigenvalue weighted by Crippen LogP contribution is 2.10. The lowest BCUT2D eigenvalue weighted by Gasteiger charge is -2.03. The summed E-state index contributed by atoms with van der Waals surface area (Å²) >= 11 is 0. The van der Waals surface area contributed by atoms with Crippen LogP contribution < -0.4 is 5.32 Å². The number of allylic oxidation sites excluding steroid dienone is 2. The number of nitrogens with one attached hydrogen (secondary N) is 1. The van der Waals surface area contributed by atoms with Crippen molar-refractivity contribution in [1.82, 2.24) is 5.32 Å². The number of unbranched alkanes of at least 4 members (excludes halogenated alkanes) is 11. The molecule has 0 aromatic carbocycles. The first-order valence-electron chi connectivity index (χ1n) is 9.83. The van der Waals surface area contributed by atoms with E-state index in [2.05, 4.69) is 24.4 Å². The third kappa shape index (κ3) is 19.1. The Morgan fingerprint density at radius 3 is 1.91 bits per heavy atom. The normalized spacial score (nSPS) is 11.2. The number of aliphatic hydroxyl groups is 1.